The number of rotatable bonds is 23. The van der Waals surface area contributed by atoms with Gasteiger partial charge in [0.1, 0.15) is 12.9 Å². The van der Waals surface area contributed by atoms with Gasteiger partial charge in [0, 0.05) is 30.6 Å². The molecule has 0 aromatic carbocycles. The van der Waals surface area contributed by atoms with Gasteiger partial charge in [-0.05, 0) is 113 Å². The lowest BCUT2D eigenvalue weighted by atomic mass is 9.87. The van der Waals surface area contributed by atoms with Gasteiger partial charge < -0.3 is 28.8 Å². The van der Waals surface area contributed by atoms with E-state index in [0.717, 1.165) is 0 Å². The minimum Gasteiger partial charge on any atom is -0.481 e. The van der Waals surface area contributed by atoms with Crippen LogP contribution in [0.15, 0.2) is 0 Å². The molecular formula is C41H80N2O13P2. The molecular weight excluding hydrogens is 790 g/mol. The van der Waals surface area contributed by atoms with Gasteiger partial charge in [0.25, 0.3) is 0 Å². The molecule has 0 aliphatic rings. The standard InChI is InChI=1S/C41H80N2O13P2/c1-21-54-58(20,51)33(37(5,6)7)43(39(11,12)13)56-29(27-41(16,17)35(48)49)31(45)53-25-23-22-24-52-30(44)28(26-40(14,15)34(46)47)55-42(38(8,9)10)32(36(2,3)4)57(18,19)50/h28-29,32-33H,21-27H2,1-20H3,(H,46,47)(H,48,49). The molecule has 0 rings (SSSR count). The molecule has 17 heteroatoms. The summed E-state index contributed by atoms with van der Waals surface area (Å²) >= 11 is 0. The van der Waals surface area contributed by atoms with Crippen LogP contribution >= 0.6 is 14.5 Å². The smallest absolute Gasteiger partial charge is 0.337 e. The van der Waals surface area contributed by atoms with E-state index in [1.54, 1.807) is 25.3 Å². The van der Waals surface area contributed by atoms with E-state index in [9.17, 15) is 38.5 Å². The first-order chi connectivity index (χ1) is 25.6. The van der Waals surface area contributed by atoms with Crippen molar-refractivity contribution in [1.82, 2.24) is 10.1 Å². The number of hydrogen-bond acceptors (Lipinski definition) is 13. The highest BCUT2D eigenvalue weighted by atomic mass is 31.2. The first kappa shape index (κ1) is 56.1. The van der Waals surface area contributed by atoms with E-state index in [0.29, 0.717) is 0 Å². The number of unbranched alkanes of at least 4 members (excludes halogenated alkanes) is 1. The SMILES string of the molecule is CCOP(C)(=O)C(N(OC(CC(C)(C)C(=O)O)C(=O)OCCCCOC(=O)C(CC(C)(C)C(=O)O)ON(C(C(C)(C)C)P(C)(C)=O)C(C)(C)C)C(C)(C)C)C(C)(C)C. The fourth-order valence-electron chi connectivity index (χ4n) is 6.71. The van der Waals surface area contributed by atoms with Crippen molar-refractivity contribution in [3.63, 3.8) is 0 Å². The molecule has 5 unspecified atom stereocenters. The van der Waals surface area contributed by atoms with Crippen molar-refractivity contribution in [2.75, 3.05) is 39.8 Å². The molecule has 0 aromatic rings. The Bertz CT molecular complexity index is 1480. The average Bonchev–Trinajstić information content (AvgIpc) is 2.97. The molecule has 2 N–H and O–H groups in total. The van der Waals surface area contributed by atoms with Crippen LogP contribution in [0.4, 0.5) is 0 Å². The fraction of sp³-hybridized carbons (Fsp3) is 0.902. The van der Waals surface area contributed by atoms with E-state index in [1.165, 1.54) is 39.4 Å². The van der Waals surface area contributed by atoms with Crippen LogP contribution in [0.25, 0.3) is 0 Å². The number of carboxylic acid groups (broad SMARTS) is 2. The molecule has 5 atom stereocenters. The zero-order valence-electron chi connectivity index (χ0n) is 39.4. The summed E-state index contributed by atoms with van der Waals surface area (Å²) in [5.74, 6) is -5.34. The molecule has 0 spiro atoms. The number of ether oxygens (including phenoxy) is 2. The van der Waals surface area contributed by atoms with Gasteiger partial charge in [0.15, 0.2) is 12.2 Å². The van der Waals surface area contributed by atoms with Crippen molar-refractivity contribution in [2.45, 2.75) is 178 Å². The first-order valence-electron chi connectivity index (χ1n) is 20.1. The second kappa shape index (κ2) is 20.8. The van der Waals surface area contributed by atoms with Crippen LogP contribution in [-0.2, 0) is 52.0 Å². The molecule has 58 heavy (non-hydrogen) atoms. The summed E-state index contributed by atoms with van der Waals surface area (Å²) in [6.45, 7) is 35.0. The van der Waals surface area contributed by atoms with Crippen LogP contribution in [0.2, 0.25) is 0 Å². The summed E-state index contributed by atoms with van der Waals surface area (Å²) in [6.07, 6.45) is -2.73. The average molecular weight is 871 g/mol. The lowest BCUT2D eigenvalue weighted by Crippen LogP contribution is -2.55. The number of nitrogens with zero attached hydrogens (tertiary/aromatic N) is 2. The summed E-state index contributed by atoms with van der Waals surface area (Å²) in [5, 5.41) is 22.9. The monoisotopic (exact) mass is 871 g/mol. The van der Waals surface area contributed by atoms with Crippen molar-refractivity contribution in [3.8, 4) is 0 Å². The van der Waals surface area contributed by atoms with Crippen molar-refractivity contribution >= 4 is 38.4 Å². The lowest BCUT2D eigenvalue weighted by Gasteiger charge is -2.48. The molecule has 0 heterocycles. The highest BCUT2D eigenvalue weighted by Gasteiger charge is 2.50. The molecule has 0 radical (unpaired) electrons. The fourth-order valence-corrected chi connectivity index (χ4v) is 12.3. The number of hydrogen-bond donors (Lipinski definition) is 2. The van der Waals surface area contributed by atoms with Crippen molar-refractivity contribution in [3.05, 3.63) is 0 Å². The Morgan fingerprint density at radius 1 is 0.569 bits per heavy atom. The quantitative estimate of drug-likeness (QED) is 0.0427. The van der Waals surface area contributed by atoms with Crippen LogP contribution in [-0.4, -0.2) is 119 Å². The second-order valence-corrected chi connectivity index (χ2v) is 27.2. The Balaban J connectivity index is 6.28. The molecule has 0 aromatic heterocycles. The molecule has 0 aliphatic heterocycles. The summed E-state index contributed by atoms with van der Waals surface area (Å²) in [6, 6.07) is 0. The number of carboxylic acids is 2. The van der Waals surface area contributed by atoms with Gasteiger partial charge in [-0.15, -0.1) is 0 Å². The molecule has 0 saturated heterocycles. The van der Waals surface area contributed by atoms with Gasteiger partial charge in [0.2, 0.25) is 7.37 Å². The number of hydroxylamine groups is 4. The maximum atomic E-state index is 14.0. The minimum absolute atomic E-state index is 0.109. The highest BCUT2D eigenvalue weighted by molar-refractivity contribution is 7.63. The topological polar surface area (TPSA) is 196 Å². The molecule has 15 nitrogen and oxygen atoms in total. The van der Waals surface area contributed by atoms with Gasteiger partial charge in [-0.25, -0.2) is 9.59 Å². The molecule has 0 aliphatic carbocycles. The number of carbonyl (C=O) groups is 4. The van der Waals surface area contributed by atoms with Gasteiger partial charge in [-0.1, -0.05) is 41.5 Å². The zero-order valence-corrected chi connectivity index (χ0v) is 41.2. The van der Waals surface area contributed by atoms with Crippen molar-refractivity contribution in [2.24, 2.45) is 21.7 Å². The summed E-state index contributed by atoms with van der Waals surface area (Å²) < 4.78 is 44.7. The van der Waals surface area contributed by atoms with E-state index in [2.05, 4.69) is 0 Å². The molecule has 0 bridgehead atoms. The Kier molecular flexibility index (Phi) is 20.1. The Labute approximate surface area is 349 Å². The van der Waals surface area contributed by atoms with Crippen LogP contribution in [0, 0.1) is 21.7 Å². The predicted molar refractivity (Wildman–Crippen MR) is 227 cm³/mol. The van der Waals surface area contributed by atoms with Gasteiger partial charge in [0.05, 0.1) is 36.4 Å². The third-order valence-electron chi connectivity index (χ3n) is 9.32. The first-order valence-corrected chi connectivity index (χ1v) is 24.9. The summed E-state index contributed by atoms with van der Waals surface area (Å²) in [7, 11) is -6.28. The predicted octanol–water partition coefficient (Wildman–Crippen LogP) is 8.97. The van der Waals surface area contributed by atoms with E-state index < -0.39 is 94.9 Å². The van der Waals surface area contributed by atoms with Crippen LogP contribution < -0.4 is 0 Å². The highest BCUT2D eigenvalue weighted by Crippen LogP contribution is 2.58. The molecule has 0 fully saturated rings. The van der Waals surface area contributed by atoms with Crippen LogP contribution in [0.5, 0.6) is 0 Å². The van der Waals surface area contributed by atoms with E-state index in [1.807, 2.05) is 83.1 Å². The number of esters is 2. The van der Waals surface area contributed by atoms with E-state index in [-0.39, 0.29) is 45.5 Å². The number of carbonyl (C=O) groups excluding carboxylic acids is 2. The Morgan fingerprint density at radius 3 is 1.12 bits per heavy atom. The Morgan fingerprint density at radius 2 is 0.879 bits per heavy atom. The minimum atomic E-state index is -3.40. The third kappa shape index (κ3) is 17.6. The molecule has 342 valence electrons. The Hall–Kier alpha value is -1.86. The number of aliphatic carboxylic acids is 2. The van der Waals surface area contributed by atoms with Gasteiger partial charge >= 0.3 is 23.9 Å². The summed E-state index contributed by atoms with van der Waals surface area (Å²) in [4.78, 5) is 64.5. The molecule has 0 amide bonds. The van der Waals surface area contributed by atoms with Crippen molar-refractivity contribution in [1.29, 1.82) is 0 Å². The van der Waals surface area contributed by atoms with Crippen LogP contribution in [0.3, 0.4) is 0 Å². The van der Waals surface area contributed by atoms with E-state index in [4.69, 9.17) is 23.7 Å². The van der Waals surface area contributed by atoms with E-state index >= 15 is 0 Å². The van der Waals surface area contributed by atoms with Crippen molar-refractivity contribution < 1.29 is 62.2 Å². The third-order valence-corrected chi connectivity index (χ3v) is 14.1. The normalized spacial score (nSPS) is 17.0. The maximum Gasteiger partial charge on any atom is 0.337 e. The zero-order chi connectivity index (χ0) is 46.3. The second-order valence-electron chi connectivity index (χ2n) is 21.2. The van der Waals surface area contributed by atoms with Gasteiger partial charge in [-0.2, -0.15) is 10.1 Å². The largest absolute Gasteiger partial charge is 0.481 e. The molecule has 0 saturated carbocycles. The lowest BCUT2D eigenvalue weighted by molar-refractivity contribution is -0.269. The van der Waals surface area contributed by atoms with Gasteiger partial charge in [-0.3, -0.25) is 23.8 Å². The summed E-state index contributed by atoms with van der Waals surface area (Å²) in [5.41, 5.74) is -5.55. The van der Waals surface area contributed by atoms with Crippen LogP contribution in [0.1, 0.15) is 143 Å². The maximum absolute atomic E-state index is 14.0.